The van der Waals surface area contributed by atoms with Gasteiger partial charge >= 0.3 is 0 Å². The van der Waals surface area contributed by atoms with Crippen molar-refractivity contribution in [2.24, 2.45) is 11.7 Å². The van der Waals surface area contributed by atoms with Crippen LogP contribution in [0.15, 0.2) is 24.4 Å². The summed E-state index contributed by atoms with van der Waals surface area (Å²) in [4.78, 5) is 18.5. The maximum atomic E-state index is 12.2. The fourth-order valence-corrected chi connectivity index (χ4v) is 3.47. The highest BCUT2D eigenvalue weighted by Gasteiger charge is 2.30. The van der Waals surface area contributed by atoms with Crippen LogP contribution in [0.2, 0.25) is 0 Å². The van der Waals surface area contributed by atoms with Crippen molar-refractivity contribution < 1.29 is 4.79 Å². The normalized spacial score (nSPS) is 22.2. The van der Waals surface area contributed by atoms with E-state index in [2.05, 4.69) is 11.9 Å². The van der Waals surface area contributed by atoms with E-state index < -0.39 is 0 Å². The van der Waals surface area contributed by atoms with Crippen molar-refractivity contribution in [2.75, 3.05) is 18.8 Å². The number of pyridine rings is 1. The Morgan fingerprint density at radius 3 is 3.05 bits per heavy atom. The second-order valence-corrected chi connectivity index (χ2v) is 6.46. The van der Waals surface area contributed by atoms with Gasteiger partial charge in [0.05, 0.1) is 5.69 Å². The van der Waals surface area contributed by atoms with Gasteiger partial charge < -0.3 is 10.6 Å². The van der Waals surface area contributed by atoms with Crippen molar-refractivity contribution in [2.45, 2.75) is 31.6 Å². The second kappa shape index (κ2) is 7.64. The first kappa shape index (κ1) is 15.3. The van der Waals surface area contributed by atoms with E-state index >= 15 is 0 Å². The molecular weight excluding hydrogens is 270 g/mol. The molecule has 0 aliphatic carbocycles. The lowest BCUT2D eigenvalue weighted by Crippen LogP contribution is -2.34. The average Bonchev–Trinajstić information content (AvgIpc) is 2.86. The fourth-order valence-electron chi connectivity index (χ4n) is 2.62. The smallest absolute Gasteiger partial charge is 0.223 e. The molecule has 0 bridgehead atoms. The van der Waals surface area contributed by atoms with E-state index in [9.17, 15) is 4.79 Å². The van der Waals surface area contributed by atoms with E-state index in [1.807, 2.05) is 23.1 Å². The van der Waals surface area contributed by atoms with Gasteiger partial charge in [0, 0.05) is 36.7 Å². The second-order valence-electron chi connectivity index (χ2n) is 5.36. The molecule has 1 aliphatic heterocycles. The first-order valence-corrected chi connectivity index (χ1v) is 8.33. The number of carbonyl (C=O) groups excluding carboxylic acids is 1. The van der Waals surface area contributed by atoms with Gasteiger partial charge in [-0.05, 0) is 37.9 Å². The van der Waals surface area contributed by atoms with Gasteiger partial charge in [-0.1, -0.05) is 6.07 Å². The summed E-state index contributed by atoms with van der Waals surface area (Å²) in [5.74, 6) is 2.47. The molecule has 1 saturated heterocycles. The number of hydrogen-bond donors (Lipinski definition) is 1. The molecule has 1 aromatic rings. The van der Waals surface area contributed by atoms with Crippen molar-refractivity contribution in [1.29, 1.82) is 0 Å². The molecule has 5 heteroatoms. The summed E-state index contributed by atoms with van der Waals surface area (Å²) in [5, 5.41) is 0. The molecule has 2 N–H and O–H groups in total. The third kappa shape index (κ3) is 4.21. The summed E-state index contributed by atoms with van der Waals surface area (Å²) in [6.07, 6.45) is 3.46. The molecule has 0 radical (unpaired) electrons. The Kier molecular flexibility index (Phi) is 5.86. The number of nitrogens with zero attached hydrogens (tertiary/aromatic N) is 2. The number of rotatable bonds is 6. The molecular formula is C15H23N3OS. The third-order valence-electron chi connectivity index (χ3n) is 3.75. The van der Waals surface area contributed by atoms with Crippen LogP contribution in [0.1, 0.15) is 25.5 Å². The van der Waals surface area contributed by atoms with E-state index in [-0.39, 0.29) is 5.91 Å². The lowest BCUT2D eigenvalue weighted by Gasteiger charge is -2.21. The van der Waals surface area contributed by atoms with Crippen LogP contribution < -0.4 is 5.73 Å². The maximum absolute atomic E-state index is 12.2. The molecule has 4 nitrogen and oxygen atoms in total. The Hall–Kier alpha value is -1.07. The zero-order valence-electron chi connectivity index (χ0n) is 12.0. The molecule has 20 heavy (non-hydrogen) atoms. The van der Waals surface area contributed by atoms with E-state index in [0.717, 1.165) is 30.2 Å². The summed E-state index contributed by atoms with van der Waals surface area (Å²) in [6.45, 7) is 3.64. The highest BCUT2D eigenvalue weighted by atomic mass is 32.2. The lowest BCUT2D eigenvalue weighted by molar-refractivity contribution is -0.131. The van der Waals surface area contributed by atoms with Gasteiger partial charge in [-0.15, -0.1) is 0 Å². The molecule has 1 amide bonds. The van der Waals surface area contributed by atoms with Crippen molar-refractivity contribution >= 4 is 17.7 Å². The molecule has 0 spiro atoms. The van der Waals surface area contributed by atoms with Crippen molar-refractivity contribution in [3.63, 3.8) is 0 Å². The number of nitrogens with two attached hydrogens (primary N) is 1. The van der Waals surface area contributed by atoms with Gasteiger partial charge in [0.25, 0.3) is 0 Å². The molecule has 1 fully saturated rings. The quantitative estimate of drug-likeness (QED) is 0.814. The minimum Gasteiger partial charge on any atom is -0.340 e. The minimum atomic E-state index is 0.266. The van der Waals surface area contributed by atoms with Gasteiger partial charge in [-0.25, -0.2) is 0 Å². The summed E-state index contributed by atoms with van der Waals surface area (Å²) in [7, 11) is 0. The van der Waals surface area contributed by atoms with Gasteiger partial charge in [-0.3, -0.25) is 9.78 Å². The molecule has 1 aliphatic rings. The fraction of sp³-hybridized carbons (Fsp3) is 0.600. The summed E-state index contributed by atoms with van der Waals surface area (Å²) < 4.78 is 0. The van der Waals surface area contributed by atoms with Crippen LogP contribution in [-0.2, 0) is 10.5 Å². The van der Waals surface area contributed by atoms with E-state index in [1.165, 1.54) is 0 Å². The van der Waals surface area contributed by atoms with Gasteiger partial charge in [0.2, 0.25) is 5.91 Å². The SMILES string of the molecule is CC1CC(CN)CN1C(=O)CCSCc1ccccn1. The van der Waals surface area contributed by atoms with Crippen LogP contribution in [0.5, 0.6) is 0 Å². The largest absolute Gasteiger partial charge is 0.340 e. The van der Waals surface area contributed by atoms with Gasteiger partial charge in [0.1, 0.15) is 0 Å². The Balaban J connectivity index is 1.68. The number of thioether (sulfide) groups is 1. The maximum Gasteiger partial charge on any atom is 0.223 e. The van der Waals surface area contributed by atoms with E-state index in [0.29, 0.717) is 24.9 Å². The minimum absolute atomic E-state index is 0.266. The number of amides is 1. The number of likely N-dealkylation sites (tertiary alicyclic amines) is 1. The van der Waals surface area contributed by atoms with Crippen LogP contribution in [-0.4, -0.2) is 40.7 Å². The van der Waals surface area contributed by atoms with Crippen molar-refractivity contribution in [3.8, 4) is 0 Å². The van der Waals surface area contributed by atoms with E-state index in [4.69, 9.17) is 5.73 Å². The van der Waals surface area contributed by atoms with Crippen LogP contribution >= 0.6 is 11.8 Å². The highest BCUT2D eigenvalue weighted by Crippen LogP contribution is 2.23. The van der Waals surface area contributed by atoms with Gasteiger partial charge in [-0.2, -0.15) is 11.8 Å². The number of carbonyl (C=O) groups is 1. The average molecular weight is 293 g/mol. The van der Waals surface area contributed by atoms with Crippen molar-refractivity contribution in [1.82, 2.24) is 9.88 Å². The van der Waals surface area contributed by atoms with Crippen LogP contribution in [0.4, 0.5) is 0 Å². The Morgan fingerprint density at radius 2 is 2.40 bits per heavy atom. The molecule has 110 valence electrons. The van der Waals surface area contributed by atoms with Crippen LogP contribution in [0, 0.1) is 5.92 Å². The van der Waals surface area contributed by atoms with Crippen molar-refractivity contribution in [3.05, 3.63) is 30.1 Å². The lowest BCUT2D eigenvalue weighted by atomic mass is 10.1. The number of hydrogen-bond acceptors (Lipinski definition) is 4. The highest BCUT2D eigenvalue weighted by molar-refractivity contribution is 7.98. The van der Waals surface area contributed by atoms with Gasteiger partial charge in [0.15, 0.2) is 0 Å². The summed E-state index contributed by atoms with van der Waals surface area (Å²) in [6, 6.07) is 6.27. The zero-order valence-corrected chi connectivity index (χ0v) is 12.8. The standard InChI is InChI=1S/C15H23N3OS/c1-12-8-13(9-16)10-18(12)15(19)5-7-20-11-14-4-2-3-6-17-14/h2-4,6,12-13H,5,7-11,16H2,1H3. The molecule has 2 unspecified atom stereocenters. The molecule has 2 heterocycles. The Morgan fingerprint density at radius 1 is 1.55 bits per heavy atom. The predicted molar refractivity (Wildman–Crippen MR) is 83.4 cm³/mol. The summed E-state index contributed by atoms with van der Waals surface area (Å²) >= 11 is 1.77. The Bertz CT molecular complexity index is 426. The Labute approximate surface area is 125 Å². The molecule has 0 saturated carbocycles. The number of aromatic nitrogens is 1. The predicted octanol–water partition coefficient (Wildman–Crippen LogP) is 1.90. The third-order valence-corrected chi connectivity index (χ3v) is 4.74. The van der Waals surface area contributed by atoms with Crippen LogP contribution in [0.3, 0.4) is 0 Å². The molecule has 0 aromatic carbocycles. The van der Waals surface area contributed by atoms with Crippen LogP contribution in [0.25, 0.3) is 0 Å². The first-order valence-electron chi connectivity index (χ1n) is 7.18. The molecule has 2 atom stereocenters. The first-order chi connectivity index (χ1) is 9.70. The summed E-state index contributed by atoms with van der Waals surface area (Å²) in [5.41, 5.74) is 6.77. The monoisotopic (exact) mass is 293 g/mol. The van der Waals surface area contributed by atoms with E-state index in [1.54, 1.807) is 18.0 Å². The topological polar surface area (TPSA) is 59.2 Å². The molecule has 2 rings (SSSR count). The molecule has 1 aromatic heterocycles. The zero-order chi connectivity index (χ0) is 14.4.